The van der Waals surface area contributed by atoms with Crippen LogP contribution in [0.3, 0.4) is 0 Å². The summed E-state index contributed by atoms with van der Waals surface area (Å²) in [6.07, 6.45) is 0. The quantitative estimate of drug-likeness (QED) is 0.662. The van der Waals surface area contributed by atoms with Gasteiger partial charge in [-0.25, -0.2) is 4.79 Å². The standard InChI is InChI=1S/C14H10N4O2/c1-9-11(14(19)20-2)4-3-5-12(9)18-13(8-17)10(6-15)7-16/h3-5,18H,1-2H3. The third kappa shape index (κ3) is 2.93. The van der Waals surface area contributed by atoms with Gasteiger partial charge < -0.3 is 10.1 Å². The number of carbonyl (C=O) groups is 1. The largest absolute Gasteiger partial charge is 0.465 e. The summed E-state index contributed by atoms with van der Waals surface area (Å²) < 4.78 is 4.64. The second-order valence-corrected chi connectivity index (χ2v) is 3.68. The molecule has 0 saturated carbocycles. The summed E-state index contributed by atoms with van der Waals surface area (Å²) >= 11 is 0. The molecule has 0 aliphatic rings. The Labute approximate surface area is 116 Å². The number of esters is 1. The van der Waals surface area contributed by atoms with Gasteiger partial charge in [-0.15, -0.1) is 0 Å². The van der Waals surface area contributed by atoms with Gasteiger partial charge in [0.05, 0.1) is 12.7 Å². The molecule has 0 atom stereocenters. The number of anilines is 1. The van der Waals surface area contributed by atoms with Crippen LogP contribution in [0.5, 0.6) is 0 Å². The van der Waals surface area contributed by atoms with Gasteiger partial charge in [-0.05, 0) is 24.6 Å². The van der Waals surface area contributed by atoms with E-state index in [0.29, 0.717) is 16.8 Å². The monoisotopic (exact) mass is 266 g/mol. The summed E-state index contributed by atoms with van der Waals surface area (Å²) in [4.78, 5) is 11.6. The number of carbonyl (C=O) groups excluding carboxylic acids is 1. The molecule has 0 fully saturated rings. The Balaban J connectivity index is 3.29. The molecule has 0 saturated heterocycles. The van der Waals surface area contributed by atoms with Gasteiger partial charge in [0.2, 0.25) is 0 Å². The molecule has 6 nitrogen and oxygen atoms in total. The summed E-state index contributed by atoms with van der Waals surface area (Å²) in [7, 11) is 1.27. The van der Waals surface area contributed by atoms with Crippen LogP contribution in [-0.2, 0) is 4.74 Å². The highest BCUT2D eigenvalue weighted by molar-refractivity contribution is 5.92. The van der Waals surface area contributed by atoms with Crippen molar-refractivity contribution < 1.29 is 9.53 Å². The molecule has 0 aromatic heterocycles. The molecule has 0 radical (unpaired) electrons. The van der Waals surface area contributed by atoms with E-state index in [-0.39, 0.29) is 11.3 Å². The predicted octanol–water partition coefficient (Wildman–Crippen LogP) is 2.02. The Morgan fingerprint density at radius 2 is 1.85 bits per heavy atom. The average Bonchev–Trinajstić information content (AvgIpc) is 2.48. The van der Waals surface area contributed by atoms with Gasteiger partial charge in [0.15, 0.2) is 5.57 Å². The molecule has 0 spiro atoms. The maximum atomic E-state index is 11.6. The molecule has 1 rings (SSSR count). The van der Waals surface area contributed by atoms with Gasteiger partial charge in [0, 0.05) is 5.69 Å². The van der Waals surface area contributed by atoms with Crippen molar-refractivity contribution in [2.75, 3.05) is 12.4 Å². The molecule has 0 bridgehead atoms. The number of allylic oxidation sites excluding steroid dienone is 2. The predicted molar refractivity (Wildman–Crippen MR) is 70.0 cm³/mol. The second-order valence-electron chi connectivity index (χ2n) is 3.68. The lowest BCUT2D eigenvalue weighted by atomic mass is 10.1. The van der Waals surface area contributed by atoms with Crippen LogP contribution in [0.15, 0.2) is 29.5 Å². The summed E-state index contributed by atoms with van der Waals surface area (Å²) in [6.45, 7) is 1.67. The molecular weight excluding hydrogens is 256 g/mol. The SMILES string of the molecule is COC(=O)c1cccc(NC(C#N)=C(C#N)C#N)c1C. The maximum Gasteiger partial charge on any atom is 0.338 e. The Morgan fingerprint density at radius 1 is 1.20 bits per heavy atom. The lowest BCUT2D eigenvalue weighted by molar-refractivity contribution is 0.0600. The summed E-state index contributed by atoms with van der Waals surface area (Å²) in [5.41, 5.74) is 0.857. The van der Waals surface area contributed by atoms with Gasteiger partial charge >= 0.3 is 5.97 Å². The topological polar surface area (TPSA) is 110 Å². The lowest BCUT2D eigenvalue weighted by Gasteiger charge is -2.11. The lowest BCUT2D eigenvalue weighted by Crippen LogP contribution is -2.08. The van der Waals surface area contributed by atoms with E-state index in [1.54, 1.807) is 43.3 Å². The number of methoxy groups -OCH3 is 1. The van der Waals surface area contributed by atoms with Crippen LogP contribution in [0, 0.1) is 40.9 Å². The maximum absolute atomic E-state index is 11.6. The van der Waals surface area contributed by atoms with Gasteiger partial charge in [-0.1, -0.05) is 6.07 Å². The fraction of sp³-hybridized carbons (Fsp3) is 0.143. The molecular formula is C14H10N4O2. The minimum Gasteiger partial charge on any atom is -0.465 e. The Hall–Kier alpha value is -3.30. The van der Waals surface area contributed by atoms with Crippen molar-refractivity contribution in [3.05, 3.63) is 40.6 Å². The molecule has 0 unspecified atom stereocenters. The highest BCUT2D eigenvalue weighted by atomic mass is 16.5. The molecule has 0 aliphatic carbocycles. The number of hydrogen-bond donors (Lipinski definition) is 1. The number of rotatable bonds is 3. The van der Waals surface area contributed by atoms with Crippen molar-refractivity contribution in [3.63, 3.8) is 0 Å². The van der Waals surface area contributed by atoms with Gasteiger partial charge in [-0.2, -0.15) is 15.8 Å². The number of benzene rings is 1. The third-order valence-corrected chi connectivity index (χ3v) is 2.58. The first kappa shape index (κ1) is 14.8. The average molecular weight is 266 g/mol. The molecule has 6 heteroatoms. The Morgan fingerprint density at radius 3 is 2.35 bits per heavy atom. The van der Waals surface area contributed by atoms with E-state index in [2.05, 4.69) is 10.1 Å². The highest BCUT2D eigenvalue weighted by Gasteiger charge is 2.13. The van der Waals surface area contributed by atoms with Crippen LogP contribution < -0.4 is 5.32 Å². The zero-order valence-electron chi connectivity index (χ0n) is 10.9. The van der Waals surface area contributed by atoms with Gasteiger partial charge in [0.1, 0.15) is 23.9 Å². The van der Waals surface area contributed by atoms with E-state index in [0.717, 1.165) is 0 Å². The second kappa shape index (κ2) is 6.58. The zero-order chi connectivity index (χ0) is 15.1. The zero-order valence-corrected chi connectivity index (χ0v) is 10.9. The van der Waals surface area contributed by atoms with E-state index < -0.39 is 5.97 Å². The molecule has 0 aliphatic heterocycles. The van der Waals surface area contributed by atoms with Crippen LogP contribution in [-0.4, -0.2) is 13.1 Å². The molecule has 1 aromatic carbocycles. The van der Waals surface area contributed by atoms with Crippen molar-refractivity contribution in [1.29, 1.82) is 15.8 Å². The fourth-order valence-electron chi connectivity index (χ4n) is 1.52. The van der Waals surface area contributed by atoms with E-state index >= 15 is 0 Å². The van der Waals surface area contributed by atoms with Crippen molar-refractivity contribution in [2.24, 2.45) is 0 Å². The number of nitrogens with zero attached hydrogens (tertiary/aromatic N) is 3. The summed E-state index contributed by atoms with van der Waals surface area (Å²) in [5.74, 6) is -0.505. The molecule has 0 heterocycles. The number of nitrogens with one attached hydrogen (secondary N) is 1. The minimum absolute atomic E-state index is 0.167. The number of nitriles is 3. The van der Waals surface area contributed by atoms with Gasteiger partial charge in [0.25, 0.3) is 0 Å². The molecule has 20 heavy (non-hydrogen) atoms. The molecule has 1 N–H and O–H groups in total. The van der Waals surface area contributed by atoms with E-state index in [1.807, 2.05) is 0 Å². The first-order valence-electron chi connectivity index (χ1n) is 5.48. The van der Waals surface area contributed by atoms with Crippen molar-refractivity contribution in [3.8, 4) is 18.2 Å². The smallest absolute Gasteiger partial charge is 0.338 e. The molecule has 0 amide bonds. The van der Waals surface area contributed by atoms with Crippen LogP contribution in [0.2, 0.25) is 0 Å². The first-order valence-corrected chi connectivity index (χ1v) is 5.48. The molecule has 98 valence electrons. The minimum atomic E-state index is -0.505. The number of hydrogen-bond acceptors (Lipinski definition) is 6. The Bertz CT molecular complexity index is 683. The molecule has 1 aromatic rings. The van der Waals surface area contributed by atoms with E-state index in [9.17, 15) is 4.79 Å². The highest BCUT2D eigenvalue weighted by Crippen LogP contribution is 2.21. The van der Waals surface area contributed by atoms with Crippen molar-refractivity contribution in [2.45, 2.75) is 6.92 Å². The normalized spacial score (nSPS) is 8.55. The van der Waals surface area contributed by atoms with E-state index in [1.165, 1.54) is 7.11 Å². The Kier molecular flexibility index (Phi) is 4.86. The van der Waals surface area contributed by atoms with Crippen LogP contribution in [0.1, 0.15) is 15.9 Å². The first-order chi connectivity index (χ1) is 9.58. The third-order valence-electron chi connectivity index (χ3n) is 2.58. The summed E-state index contributed by atoms with van der Waals surface area (Å²) in [5, 5.41) is 29.2. The van der Waals surface area contributed by atoms with Gasteiger partial charge in [-0.3, -0.25) is 0 Å². The number of ether oxygens (including phenoxy) is 1. The fourth-order valence-corrected chi connectivity index (χ4v) is 1.52. The van der Waals surface area contributed by atoms with Crippen LogP contribution in [0.25, 0.3) is 0 Å². The summed E-state index contributed by atoms with van der Waals surface area (Å²) in [6, 6.07) is 9.83. The van der Waals surface area contributed by atoms with Crippen LogP contribution >= 0.6 is 0 Å². The van der Waals surface area contributed by atoms with E-state index in [4.69, 9.17) is 15.8 Å². The van der Waals surface area contributed by atoms with Crippen molar-refractivity contribution >= 4 is 11.7 Å². The van der Waals surface area contributed by atoms with Crippen molar-refractivity contribution in [1.82, 2.24) is 0 Å². The van der Waals surface area contributed by atoms with Crippen LogP contribution in [0.4, 0.5) is 5.69 Å².